The fourth-order valence-corrected chi connectivity index (χ4v) is 3.01. The van der Waals surface area contributed by atoms with Gasteiger partial charge in [0.15, 0.2) is 11.5 Å². The van der Waals surface area contributed by atoms with E-state index in [0.29, 0.717) is 18.0 Å². The van der Waals surface area contributed by atoms with Crippen LogP contribution in [0.15, 0.2) is 36.9 Å². The maximum atomic E-state index is 12.5. The number of methoxy groups -OCH3 is 2. The zero-order valence-electron chi connectivity index (χ0n) is 14.5. The van der Waals surface area contributed by atoms with E-state index in [0.717, 1.165) is 24.9 Å². The molecule has 1 fully saturated rings. The van der Waals surface area contributed by atoms with Crippen LogP contribution >= 0.6 is 0 Å². The molecule has 1 unspecified atom stereocenters. The summed E-state index contributed by atoms with van der Waals surface area (Å²) in [6, 6.07) is 5.75. The number of hydrogen-bond donors (Lipinski definition) is 0. The molecule has 1 aromatic heterocycles. The summed E-state index contributed by atoms with van der Waals surface area (Å²) in [6.07, 6.45) is 8.59. The molecule has 1 aliphatic rings. The van der Waals surface area contributed by atoms with Gasteiger partial charge in [-0.15, -0.1) is 0 Å². The first kappa shape index (κ1) is 17.0. The molecule has 0 saturated carbocycles. The number of aromatic nitrogens is 3. The van der Waals surface area contributed by atoms with Gasteiger partial charge in [0, 0.05) is 19.2 Å². The summed E-state index contributed by atoms with van der Waals surface area (Å²) in [5.74, 6) is 1.30. The summed E-state index contributed by atoms with van der Waals surface area (Å²) in [5, 5.41) is 4.19. The second-order valence-corrected chi connectivity index (χ2v) is 5.90. The topological polar surface area (TPSA) is 69.5 Å². The molecule has 0 N–H and O–H groups in total. The summed E-state index contributed by atoms with van der Waals surface area (Å²) in [7, 11) is 3.19. The predicted molar refractivity (Wildman–Crippen MR) is 93.5 cm³/mol. The van der Waals surface area contributed by atoms with Gasteiger partial charge in [-0.3, -0.25) is 4.79 Å². The van der Waals surface area contributed by atoms with Gasteiger partial charge in [-0.25, -0.2) is 9.67 Å². The van der Waals surface area contributed by atoms with Crippen LogP contribution in [0.3, 0.4) is 0 Å². The number of benzene rings is 1. The standard InChI is InChI=1S/C18H22N4O3/c1-24-16-7-5-14(10-17(16)25-2)6-8-18(23)21-9-3-4-15(11-21)22-13-19-12-20-22/h5-8,10,12-13,15H,3-4,9,11H2,1-2H3. The first-order valence-corrected chi connectivity index (χ1v) is 8.24. The van der Waals surface area contributed by atoms with E-state index >= 15 is 0 Å². The number of nitrogens with zero attached hydrogens (tertiary/aromatic N) is 4. The van der Waals surface area contributed by atoms with Gasteiger partial charge in [0.1, 0.15) is 12.7 Å². The maximum Gasteiger partial charge on any atom is 0.246 e. The Bertz CT molecular complexity index is 743. The fourth-order valence-electron chi connectivity index (χ4n) is 3.01. The molecule has 7 heteroatoms. The Morgan fingerprint density at radius 2 is 2.12 bits per heavy atom. The van der Waals surface area contributed by atoms with E-state index < -0.39 is 0 Å². The van der Waals surface area contributed by atoms with Crippen molar-refractivity contribution in [3.8, 4) is 11.5 Å². The SMILES string of the molecule is COc1ccc(C=CC(=O)N2CCCC(n3cncn3)C2)cc1OC. The van der Waals surface area contributed by atoms with Gasteiger partial charge in [0.25, 0.3) is 0 Å². The minimum absolute atomic E-state index is 0.000370. The van der Waals surface area contributed by atoms with Gasteiger partial charge in [-0.1, -0.05) is 6.07 Å². The number of likely N-dealkylation sites (tertiary alicyclic amines) is 1. The number of ether oxygens (including phenoxy) is 2. The normalized spacial score (nSPS) is 17.7. The molecule has 0 spiro atoms. The van der Waals surface area contributed by atoms with Crippen molar-refractivity contribution in [2.45, 2.75) is 18.9 Å². The van der Waals surface area contributed by atoms with E-state index in [-0.39, 0.29) is 11.9 Å². The minimum Gasteiger partial charge on any atom is -0.493 e. The molecule has 1 amide bonds. The number of amides is 1. The van der Waals surface area contributed by atoms with E-state index in [9.17, 15) is 4.79 Å². The maximum absolute atomic E-state index is 12.5. The predicted octanol–water partition coefficient (Wildman–Crippen LogP) is 2.17. The molecule has 3 rings (SSSR count). The molecule has 0 aliphatic carbocycles. The molecule has 7 nitrogen and oxygen atoms in total. The Morgan fingerprint density at radius 1 is 1.28 bits per heavy atom. The van der Waals surface area contributed by atoms with Gasteiger partial charge >= 0.3 is 0 Å². The lowest BCUT2D eigenvalue weighted by Gasteiger charge is -2.31. The van der Waals surface area contributed by atoms with E-state index in [1.54, 1.807) is 32.7 Å². The lowest BCUT2D eigenvalue weighted by atomic mass is 10.1. The molecular weight excluding hydrogens is 320 g/mol. The smallest absolute Gasteiger partial charge is 0.246 e. The van der Waals surface area contributed by atoms with Crippen molar-refractivity contribution >= 4 is 12.0 Å². The van der Waals surface area contributed by atoms with Crippen molar-refractivity contribution < 1.29 is 14.3 Å². The molecule has 132 valence electrons. The highest BCUT2D eigenvalue weighted by molar-refractivity contribution is 5.92. The molecular formula is C18H22N4O3. The third-order valence-electron chi connectivity index (χ3n) is 4.34. The fraction of sp³-hybridized carbons (Fsp3) is 0.389. The van der Waals surface area contributed by atoms with Crippen LogP contribution in [0.5, 0.6) is 11.5 Å². The Hall–Kier alpha value is -2.83. The summed E-state index contributed by atoms with van der Waals surface area (Å²) in [5.41, 5.74) is 0.885. The first-order valence-electron chi connectivity index (χ1n) is 8.24. The van der Waals surface area contributed by atoms with E-state index in [2.05, 4.69) is 10.1 Å². The lowest BCUT2D eigenvalue weighted by molar-refractivity contribution is -0.127. The third kappa shape index (κ3) is 3.99. The highest BCUT2D eigenvalue weighted by Gasteiger charge is 2.23. The molecule has 1 aromatic carbocycles. The highest BCUT2D eigenvalue weighted by Crippen LogP contribution is 2.28. The zero-order chi connectivity index (χ0) is 17.6. The number of hydrogen-bond acceptors (Lipinski definition) is 5. The van der Waals surface area contributed by atoms with Crippen LogP contribution in [-0.4, -0.2) is 52.9 Å². The Labute approximate surface area is 146 Å². The van der Waals surface area contributed by atoms with Gasteiger partial charge in [0.2, 0.25) is 5.91 Å². The largest absolute Gasteiger partial charge is 0.493 e. The summed E-state index contributed by atoms with van der Waals surface area (Å²) >= 11 is 0. The van der Waals surface area contributed by atoms with E-state index in [1.807, 2.05) is 27.8 Å². The lowest BCUT2D eigenvalue weighted by Crippen LogP contribution is -2.40. The van der Waals surface area contributed by atoms with Gasteiger partial charge in [0.05, 0.1) is 20.3 Å². The Kier molecular flexibility index (Phi) is 5.33. The van der Waals surface area contributed by atoms with Crippen LogP contribution in [0.4, 0.5) is 0 Å². The van der Waals surface area contributed by atoms with Crippen LogP contribution < -0.4 is 9.47 Å². The molecule has 0 bridgehead atoms. The quantitative estimate of drug-likeness (QED) is 0.779. The number of piperidine rings is 1. The summed E-state index contributed by atoms with van der Waals surface area (Å²) in [6.45, 7) is 1.42. The van der Waals surface area contributed by atoms with Crippen molar-refractivity contribution in [1.82, 2.24) is 19.7 Å². The monoisotopic (exact) mass is 342 g/mol. The molecule has 1 aliphatic heterocycles. The van der Waals surface area contributed by atoms with Crippen molar-refractivity contribution in [2.75, 3.05) is 27.3 Å². The summed E-state index contributed by atoms with van der Waals surface area (Å²) < 4.78 is 12.3. The molecule has 1 atom stereocenters. The van der Waals surface area contributed by atoms with Crippen molar-refractivity contribution in [2.24, 2.45) is 0 Å². The molecule has 25 heavy (non-hydrogen) atoms. The van der Waals surface area contributed by atoms with Crippen LogP contribution in [0.1, 0.15) is 24.4 Å². The van der Waals surface area contributed by atoms with E-state index in [4.69, 9.17) is 9.47 Å². The van der Waals surface area contributed by atoms with Crippen LogP contribution in [0.2, 0.25) is 0 Å². The average molecular weight is 342 g/mol. The molecule has 2 heterocycles. The van der Waals surface area contributed by atoms with Crippen molar-refractivity contribution in [3.05, 3.63) is 42.5 Å². The molecule has 1 saturated heterocycles. The minimum atomic E-state index is -0.000370. The molecule has 0 radical (unpaired) electrons. The number of carbonyl (C=O) groups is 1. The number of rotatable bonds is 5. The summed E-state index contributed by atoms with van der Waals surface area (Å²) in [4.78, 5) is 18.3. The Balaban J connectivity index is 1.66. The Morgan fingerprint density at radius 3 is 2.84 bits per heavy atom. The van der Waals surface area contributed by atoms with Crippen LogP contribution in [0.25, 0.3) is 6.08 Å². The van der Waals surface area contributed by atoms with Crippen LogP contribution in [-0.2, 0) is 4.79 Å². The van der Waals surface area contributed by atoms with Gasteiger partial charge in [-0.05, 0) is 36.6 Å². The second-order valence-electron chi connectivity index (χ2n) is 5.90. The van der Waals surface area contributed by atoms with Gasteiger partial charge in [-0.2, -0.15) is 5.10 Å². The third-order valence-corrected chi connectivity index (χ3v) is 4.34. The molecule has 2 aromatic rings. The van der Waals surface area contributed by atoms with Crippen molar-refractivity contribution in [3.63, 3.8) is 0 Å². The zero-order valence-corrected chi connectivity index (χ0v) is 14.5. The van der Waals surface area contributed by atoms with E-state index in [1.165, 1.54) is 6.33 Å². The highest BCUT2D eigenvalue weighted by atomic mass is 16.5. The second kappa shape index (κ2) is 7.83. The number of carbonyl (C=O) groups excluding carboxylic acids is 1. The average Bonchev–Trinajstić information content (AvgIpc) is 3.20. The van der Waals surface area contributed by atoms with Crippen LogP contribution in [0, 0.1) is 0 Å². The first-order chi connectivity index (χ1) is 12.2. The van der Waals surface area contributed by atoms with Crippen molar-refractivity contribution in [1.29, 1.82) is 0 Å². The van der Waals surface area contributed by atoms with Gasteiger partial charge < -0.3 is 14.4 Å².